The van der Waals surface area contributed by atoms with Crippen molar-refractivity contribution >= 4 is 5.97 Å². The van der Waals surface area contributed by atoms with Crippen molar-refractivity contribution in [3.8, 4) is 0 Å². The lowest BCUT2D eigenvalue weighted by Crippen LogP contribution is -2.47. The molecule has 6 nitrogen and oxygen atoms in total. The van der Waals surface area contributed by atoms with Crippen LogP contribution in [0.1, 0.15) is 34.5 Å². The third kappa shape index (κ3) is 4.27. The molecule has 0 spiro atoms. The molecular formula is C19H26N4O2. The van der Waals surface area contributed by atoms with Gasteiger partial charge in [0.05, 0.1) is 11.9 Å². The Morgan fingerprint density at radius 1 is 1.16 bits per heavy atom. The molecule has 0 aliphatic carbocycles. The third-order valence-electron chi connectivity index (χ3n) is 5.03. The molecule has 1 aromatic heterocycles. The standard InChI is InChI=1S/C19H26N4O2/c1-15(16-6-4-3-5-7-16)13-22-8-10-23(11-9-22)14-18-17(19(24)25)12-20-21(18)2/h3-7,12,15H,8-11,13-14H2,1-2H3,(H,24,25). The average molecular weight is 342 g/mol. The van der Waals surface area contributed by atoms with E-state index in [-0.39, 0.29) is 0 Å². The van der Waals surface area contributed by atoms with Crippen molar-refractivity contribution in [1.82, 2.24) is 19.6 Å². The summed E-state index contributed by atoms with van der Waals surface area (Å²) in [5, 5.41) is 13.4. The van der Waals surface area contributed by atoms with Crippen LogP contribution in [0.5, 0.6) is 0 Å². The molecule has 134 valence electrons. The minimum absolute atomic E-state index is 0.308. The minimum atomic E-state index is -0.904. The molecule has 0 amide bonds. The van der Waals surface area contributed by atoms with Gasteiger partial charge in [0.25, 0.3) is 0 Å². The van der Waals surface area contributed by atoms with Crippen LogP contribution in [0.15, 0.2) is 36.5 Å². The molecule has 0 radical (unpaired) electrons. The molecule has 1 N–H and O–H groups in total. The average Bonchev–Trinajstić information content (AvgIpc) is 2.98. The minimum Gasteiger partial charge on any atom is -0.478 e. The van der Waals surface area contributed by atoms with Crippen LogP contribution in [0, 0.1) is 0 Å². The van der Waals surface area contributed by atoms with Crippen LogP contribution in [0.25, 0.3) is 0 Å². The van der Waals surface area contributed by atoms with E-state index >= 15 is 0 Å². The van der Waals surface area contributed by atoms with E-state index in [0.29, 0.717) is 18.0 Å². The van der Waals surface area contributed by atoms with Crippen molar-refractivity contribution in [2.24, 2.45) is 7.05 Å². The van der Waals surface area contributed by atoms with Gasteiger partial charge in [-0.25, -0.2) is 4.79 Å². The topological polar surface area (TPSA) is 61.6 Å². The molecule has 1 fully saturated rings. The van der Waals surface area contributed by atoms with Gasteiger partial charge in [0.1, 0.15) is 5.56 Å². The van der Waals surface area contributed by atoms with E-state index in [0.717, 1.165) is 38.4 Å². The van der Waals surface area contributed by atoms with Crippen molar-refractivity contribution in [1.29, 1.82) is 0 Å². The number of piperazine rings is 1. The number of aromatic nitrogens is 2. The molecule has 0 bridgehead atoms. The van der Waals surface area contributed by atoms with Gasteiger partial charge < -0.3 is 10.0 Å². The Kier molecular flexibility index (Phi) is 5.50. The molecular weight excluding hydrogens is 316 g/mol. The van der Waals surface area contributed by atoms with E-state index in [1.807, 2.05) is 0 Å². The maximum atomic E-state index is 11.3. The first-order valence-corrected chi connectivity index (χ1v) is 8.78. The highest BCUT2D eigenvalue weighted by molar-refractivity contribution is 5.88. The Balaban J connectivity index is 1.52. The van der Waals surface area contributed by atoms with E-state index in [4.69, 9.17) is 0 Å². The second kappa shape index (κ2) is 7.80. The highest BCUT2D eigenvalue weighted by Gasteiger charge is 2.22. The number of carbonyl (C=O) groups is 1. The number of carboxylic acid groups (broad SMARTS) is 1. The van der Waals surface area contributed by atoms with Crippen molar-refractivity contribution in [3.63, 3.8) is 0 Å². The van der Waals surface area contributed by atoms with Gasteiger partial charge >= 0.3 is 5.97 Å². The van der Waals surface area contributed by atoms with E-state index in [1.165, 1.54) is 11.8 Å². The van der Waals surface area contributed by atoms with Gasteiger partial charge in [-0.05, 0) is 11.5 Å². The molecule has 2 heterocycles. The maximum absolute atomic E-state index is 11.3. The Labute approximate surface area is 148 Å². The van der Waals surface area contributed by atoms with Crippen LogP contribution in [0.2, 0.25) is 0 Å². The molecule has 1 aromatic carbocycles. The van der Waals surface area contributed by atoms with Crippen molar-refractivity contribution in [2.75, 3.05) is 32.7 Å². The molecule has 1 unspecified atom stereocenters. The van der Waals surface area contributed by atoms with Gasteiger partial charge in [-0.1, -0.05) is 37.3 Å². The first-order chi connectivity index (χ1) is 12.0. The van der Waals surface area contributed by atoms with Crippen LogP contribution >= 0.6 is 0 Å². The fraction of sp³-hybridized carbons (Fsp3) is 0.474. The predicted molar refractivity (Wildman–Crippen MR) is 96.7 cm³/mol. The van der Waals surface area contributed by atoms with Gasteiger partial charge in [-0.3, -0.25) is 9.58 Å². The van der Waals surface area contributed by atoms with E-state index in [2.05, 4.69) is 52.2 Å². The third-order valence-corrected chi connectivity index (χ3v) is 5.03. The fourth-order valence-electron chi connectivity index (χ4n) is 3.45. The molecule has 6 heteroatoms. The van der Waals surface area contributed by atoms with Crippen molar-refractivity contribution in [3.05, 3.63) is 53.3 Å². The summed E-state index contributed by atoms with van der Waals surface area (Å²) in [5.74, 6) is -0.387. The van der Waals surface area contributed by atoms with Gasteiger partial charge in [0.15, 0.2) is 0 Å². The maximum Gasteiger partial charge on any atom is 0.339 e. The number of rotatable bonds is 6. The summed E-state index contributed by atoms with van der Waals surface area (Å²) in [6.07, 6.45) is 1.44. The Morgan fingerprint density at radius 3 is 2.44 bits per heavy atom. The van der Waals surface area contributed by atoms with Crippen molar-refractivity contribution < 1.29 is 9.90 Å². The monoisotopic (exact) mass is 342 g/mol. The predicted octanol–water partition coefficient (Wildman–Crippen LogP) is 2.04. The number of benzene rings is 1. The summed E-state index contributed by atoms with van der Waals surface area (Å²) in [6.45, 7) is 7.90. The SMILES string of the molecule is CC(CN1CCN(Cc2c(C(=O)O)cnn2C)CC1)c1ccccc1. The molecule has 1 aliphatic rings. The van der Waals surface area contributed by atoms with Crippen LogP contribution < -0.4 is 0 Å². The lowest BCUT2D eigenvalue weighted by Gasteiger charge is -2.36. The lowest BCUT2D eigenvalue weighted by atomic mass is 10.0. The largest absolute Gasteiger partial charge is 0.478 e. The number of hydrogen-bond acceptors (Lipinski definition) is 4. The molecule has 0 saturated carbocycles. The van der Waals surface area contributed by atoms with Gasteiger partial charge in [0, 0.05) is 46.3 Å². The van der Waals surface area contributed by atoms with Crippen LogP contribution in [-0.4, -0.2) is 63.4 Å². The quantitative estimate of drug-likeness (QED) is 0.870. The summed E-state index contributed by atoms with van der Waals surface area (Å²) >= 11 is 0. The Hall–Kier alpha value is -2.18. The van der Waals surface area contributed by atoms with E-state index < -0.39 is 5.97 Å². The summed E-state index contributed by atoms with van der Waals surface area (Å²) in [4.78, 5) is 16.1. The van der Waals surface area contributed by atoms with Gasteiger partial charge in [-0.15, -0.1) is 0 Å². The zero-order valence-electron chi connectivity index (χ0n) is 14.9. The van der Waals surface area contributed by atoms with Gasteiger partial charge in [-0.2, -0.15) is 5.10 Å². The van der Waals surface area contributed by atoms with E-state index in [9.17, 15) is 9.90 Å². The molecule has 25 heavy (non-hydrogen) atoms. The van der Waals surface area contributed by atoms with E-state index in [1.54, 1.807) is 11.7 Å². The molecule has 1 aliphatic heterocycles. The molecule has 1 saturated heterocycles. The Morgan fingerprint density at radius 2 is 1.80 bits per heavy atom. The highest BCUT2D eigenvalue weighted by Crippen LogP contribution is 2.18. The van der Waals surface area contributed by atoms with Gasteiger partial charge in [0.2, 0.25) is 0 Å². The summed E-state index contributed by atoms with van der Waals surface area (Å²) in [6, 6.07) is 10.6. The fourth-order valence-corrected chi connectivity index (χ4v) is 3.45. The normalized spacial score (nSPS) is 17.5. The number of aryl methyl sites for hydroxylation is 1. The highest BCUT2D eigenvalue weighted by atomic mass is 16.4. The summed E-state index contributed by atoms with van der Waals surface area (Å²) in [7, 11) is 1.81. The second-order valence-corrected chi connectivity index (χ2v) is 6.82. The molecule has 1 atom stereocenters. The molecule has 2 aromatic rings. The number of nitrogens with zero attached hydrogens (tertiary/aromatic N) is 4. The first-order valence-electron chi connectivity index (χ1n) is 8.78. The smallest absolute Gasteiger partial charge is 0.339 e. The summed E-state index contributed by atoms with van der Waals surface area (Å²) in [5.41, 5.74) is 2.46. The Bertz CT molecular complexity index is 705. The number of carboxylic acids is 1. The van der Waals surface area contributed by atoms with Crippen molar-refractivity contribution in [2.45, 2.75) is 19.4 Å². The number of hydrogen-bond donors (Lipinski definition) is 1. The zero-order chi connectivity index (χ0) is 17.8. The first kappa shape index (κ1) is 17.6. The van der Waals surface area contributed by atoms with Crippen LogP contribution in [0.3, 0.4) is 0 Å². The molecule has 3 rings (SSSR count). The lowest BCUT2D eigenvalue weighted by molar-refractivity contribution is 0.0692. The number of aromatic carboxylic acids is 1. The summed E-state index contributed by atoms with van der Waals surface area (Å²) < 4.78 is 1.67. The second-order valence-electron chi connectivity index (χ2n) is 6.82. The zero-order valence-corrected chi connectivity index (χ0v) is 14.9. The van der Waals surface area contributed by atoms with Crippen LogP contribution in [0.4, 0.5) is 0 Å². The van der Waals surface area contributed by atoms with Crippen LogP contribution in [-0.2, 0) is 13.6 Å².